The van der Waals surface area contributed by atoms with Crippen molar-refractivity contribution in [1.82, 2.24) is 14.9 Å². The van der Waals surface area contributed by atoms with Gasteiger partial charge in [0.05, 0.1) is 11.1 Å². The van der Waals surface area contributed by atoms with Gasteiger partial charge in [-0.15, -0.1) is 0 Å². The molecule has 1 N–H and O–H groups in total. The number of piperidine rings is 2. The van der Waals surface area contributed by atoms with Crippen LogP contribution in [0.2, 0.25) is 10.0 Å². The number of aliphatic hydroxyl groups is 1. The molecule has 1 unspecified atom stereocenters. The molecule has 2 aliphatic rings. The Morgan fingerprint density at radius 3 is 2.55 bits per heavy atom. The predicted molar refractivity (Wildman–Crippen MR) is 137 cm³/mol. The highest BCUT2D eigenvalue weighted by Crippen LogP contribution is 2.37. The Balaban J connectivity index is 1.77. The standard InChI is InChI=1S/C26H36Cl2N4O/c1-17-20(14-31-11-6-10-25(2,3)15-31)24(32-12-9-22(33)26(4,5)16-32)30-23(29-17)19-13-18(27)7-8-21(19)28/h7-8,13,22,33H,6,9-12,14-16H2,1-5H3. The van der Waals surface area contributed by atoms with Crippen molar-refractivity contribution in [3.05, 3.63) is 39.5 Å². The Labute approximate surface area is 208 Å². The minimum atomic E-state index is -0.315. The van der Waals surface area contributed by atoms with Crippen LogP contribution in [0.3, 0.4) is 0 Å². The van der Waals surface area contributed by atoms with E-state index in [0.29, 0.717) is 21.3 Å². The molecule has 0 spiro atoms. The Bertz CT molecular complexity index is 1020. The molecule has 2 saturated heterocycles. The molecule has 2 aliphatic heterocycles. The Morgan fingerprint density at radius 2 is 1.85 bits per heavy atom. The minimum absolute atomic E-state index is 0.213. The molecule has 3 heterocycles. The van der Waals surface area contributed by atoms with Crippen LogP contribution in [0.4, 0.5) is 5.82 Å². The zero-order valence-electron chi connectivity index (χ0n) is 20.5. The molecule has 0 aliphatic carbocycles. The summed E-state index contributed by atoms with van der Waals surface area (Å²) in [6.45, 7) is 15.5. The van der Waals surface area contributed by atoms with E-state index in [2.05, 4.69) is 44.4 Å². The van der Waals surface area contributed by atoms with Gasteiger partial charge < -0.3 is 10.0 Å². The van der Waals surface area contributed by atoms with E-state index in [1.54, 1.807) is 12.1 Å². The third-order valence-corrected chi connectivity index (χ3v) is 7.76. The normalized spacial score (nSPS) is 23.0. The number of aryl methyl sites for hydroxylation is 1. The quantitative estimate of drug-likeness (QED) is 0.571. The van der Waals surface area contributed by atoms with E-state index in [4.69, 9.17) is 33.2 Å². The van der Waals surface area contributed by atoms with Gasteiger partial charge in [-0.05, 0) is 56.3 Å². The molecule has 2 aromatic rings. The van der Waals surface area contributed by atoms with Crippen LogP contribution in [0.5, 0.6) is 0 Å². The second-order valence-corrected chi connectivity index (χ2v) is 12.1. The van der Waals surface area contributed by atoms with Gasteiger partial charge in [-0.1, -0.05) is 50.9 Å². The number of likely N-dealkylation sites (tertiary alicyclic amines) is 1. The van der Waals surface area contributed by atoms with E-state index in [1.165, 1.54) is 18.4 Å². The maximum atomic E-state index is 10.5. The zero-order chi connectivity index (χ0) is 24.0. The van der Waals surface area contributed by atoms with E-state index in [0.717, 1.165) is 56.2 Å². The fraction of sp³-hybridized carbons (Fsp3) is 0.615. The van der Waals surface area contributed by atoms with Gasteiger partial charge in [0.25, 0.3) is 0 Å². The molecule has 180 valence electrons. The van der Waals surface area contributed by atoms with Crippen LogP contribution >= 0.6 is 23.2 Å². The molecule has 7 heteroatoms. The molecule has 4 rings (SSSR count). The van der Waals surface area contributed by atoms with Crippen LogP contribution in [0, 0.1) is 17.8 Å². The van der Waals surface area contributed by atoms with Gasteiger partial charge >= 0.3 is 0 Å². The molecular weight excluding hydrogens is 455 g/mol. The lowest BCUT2D eigenvalue weighted by Crippen LogP contribution is -2.49. The first-order valence-electron chi connectivity index (χ1n) is 11.9. The maximum Gasteiger partial charge on any atom is 0.163 e. The molecule has 0 bridgehead atoms. The van der Waals surface area contributed by atoms with E-state index in [1.807, 2.05) is 6.07 Å². The second kappa shape index (κ2) is 9.33. The lowest BCUT2D eigenvalue weighted by Gasteiger charge is -2.43. The highest BCUT2D eigenvalue weighted by atomic mass is 35.5. The number of benzene rings is 1. The highest BCUT2D eigenvalue weighted by Gasteiger charge is 2.37. The van der Waals surface area contributed by atoms with Crippen molar-refractivity contribution in [1.29, 1.82) is 0 Å². The summed E-state index contributed by atoms with van der Waals surface area (Å²) < 4.78 is 0. The van der Waals surface area contributed by atoms with Gasteiger partial charge in [0.15, 0.2) is 5.82 Å². The molecule has 5 nitrogen and oxygen atoms in total. The number of halogens is 2. The maximum absolute atomic E-state index is 10.5. The van der Waals surface area contributed by atoms with Crippen LogP contribution in [0.25, 0.3) is 11.4 Å². The summed E-state index contributed by atoms with van der Waals surface area (Å²) in [5.41, 5.74) is 2.99. The summed E-state index contributed by atoms with van der Waals surface area (Å²) in [6, 6.07) is 5.41. The number of nitrogens with zero attached hydrogens (tertiary/aromatic N) is 4. The van der Waals surface area contributed by atoms with Crippen LogP contribution in [-0.4, -0.2) is 52.3 Å². The number of anilines is 1. The first kappa shape index (κ1) is 24.7. The number of aliphatic hydroxyl groups excluding tert-OH is 1. The van der Waals surface area contributed by atoms with E-state index in [9.17, 15) is 5.11 Å². The number of hydrogen-bond acceptors (Lipinski definition) is 5. The highest BCUT2D eigenvalue weighted by molar-refractivity contribution is 6.35. The van der Waals surface area contributed by atoms with Crippen molar-refractivity contribution in [2.24, 2.45) is 10.8 Å². The Hall–Kier alpha value is -1.40. The number of rotatable bonds is 4. The summed E-state index contributed by atoms with van der Waals surface area (Å²) in [6.07, 6.45) is 2.88. The largest absolute Gasteiger partial charge is 0.392 e. The molecule has 1 aromatic heterocycles. The number of hydrogen-bond donors (Lipinski definition) is 1. The predicted octanol–water partition coefficient (Wildman–Crippen LogP) is 5.98. The van der Waals surface area contributed by atoms with E-state index >= 15 is 0 Å². The summed E-state index contributed by atoms with van der Waals surface area (Å²) in [7, 11) is 0. The molecule has 2 fully saturated rings. The van der Waals surface area contributed by atoms with Crippen LogP contribution in [-0.2, 0) is 6.54 Å². The fourth-order valence-corrected chi connectivity index (χ4v) is 5.62. The molecule has 0 amide bonds. The lowest BCUT2D eigenvalue weighted by atomic mass is 9.81. The fourth-order valence-electron chi connectivity index (χ4n) is 5.25. The third kappa shape index (κ3) is 5.48. The first-order valence-corrected chi connectivity index (χ1v) is 12.7. The summed E-state index contributed by atoms with van der Waals surface area (Å²) >= 11 is 12.8. The van der Waals surface area contributed by atoms with Crippen molar-refractivity contribution in [3.8, 4) is 11.4 Å². The zero-order valence-corrected chi connectivity index (χ0v) is 22.0. The topological polar surface area (TPSA) is 52.5 Å². The van der Waals surface area contributed by atoms with Gasteiger partial charge in [0, 0.05) is 53.4 Å². The third-order valence-electron chi connectivity index (χ3n) is 7.20. The average Bonchev–Trinajstić information content (AvgIpc) is 2.72. The SMILES string of the molecule is Cc1nc(-c2cc(Cl)ccc2Cl)nc(N2CCC(O)C(C)(C)C2)c1CN1CCCC(C)(C)C1. The van der Waals surface area contributed by atoms with Crippen molar-refractivity contribution in [3.63, 3.8) is 0 Å². The van der Waals surface area contributed by atoms with Crippen molar-refractivity contribution in [2.45, 2.75) is 66.5 Å². The molecule has 1 atom stereocenters. The smallest absolute Gasteiger partial charge is 0.163 e. The molecule has 0 radical (unpaired) electrons. The van der Waals surface area contributed by atoms with Gasteiger partial charge in [-0.3, -0.25) is 4.90 Å². The monoisotopic (exact) mass is 490 g/mol. The molecule has 33 heavy (non-hydrogen) atoms. The lowest BCUT2D eigenvalue weighted by molar-refractivity contribution is 0.0332. The summed E-state index contributed by atoms with van der Waals surface area (Å²) in [4.78, 5) is 14.8. The van der Waals surface area contributed by atoms with E-state index < -0.39 is 0 Å². The minimum Gasteiger partial charge on any atom is -0.392 e. The van der Waals surface area contributed by atoms with Crippen LogP contribution in [0.15, 0.2) is 18.2 Å². The Morgan fingerprint density at radius 1 is 1.09 bits per heavy atom. The van der Waals surface area contributed by atoms with Crippen molar-refractivity contribution >= 4 is 29.0 Å². The summed E-state index contributed by atoms with van der Waals surface area (Å²) in [5.74, 6) is 1.55. The van der Waals surface area contributed by atoms with E-state index in [-0.39, 0.29) is 11.5 Å². The molecular formula is C26H36Cl2N4O. The van der Waals surface area contributed by atoms with Gasteiger partial charge in [0.2, 0.25) is 0 Å². The Kier molecular flexibility index (Phi) is 6.99. The molecule has 0 saturated carbocycles. The van der Waals surface area contributed by atoms with Gasteiger partial charge in [-0.25, -0.2) is 9.97 Å². The van der Waals surface area contributed by atoms with Gasteiger partial charge in [0.1, 0.15) is 5.82 Å². The number of aromatic nitrogens is 2. The van der Waals surface area contributed by atoms with Crippen LogP contribution in [0.1, 0.15) is 58.2 Å². The molecule has 1 aromatic carbocycles. The first-order chi connectivity index (χ1) is 15.4. The van der Waals surface area contributed by atoms with Crippen LogP contribution < -0.4 is 4.90 Å². The second-order valence-electron chi connectivity index (χ2n) is 11.3. The summed E-state index contributed by atoms with van der Waals surface area (Å²) in [5, 5.41) is 11.7. The van der Waals surface area contributed by atoms with Crippen molar-refractivity contribution < 1.29 is 5.11 Å². The van der Waals surface area contributed by atoms with Crippen molar-refractivity contribution in [2.75, 3.05) is 31.1 Å². The average molecular weight is 492 g/mol. The van der Waals surface area contributed by atoms with Gasteiger partial charge in [-0.2, -0.15) is 0 Å².